The molecule has 0 radical (unpaired) electrons. The molecule has 0 bridgehead atoms. The number of allylic oxidation sites excluding steroid dienone is 1. The Kier molecular flexibility index (Phi) is 3.80. The van der Waals surface area contributed by atoms with Gasteiger partial charge in [-0.15, -0.1) is 0 Å². The highest BCUT2D eigenvalue weighted by Gasteiger charge is 2.17. The van der Waals surface area contributed by atoms with Gasteiger partial charge in [0.25, 0.3) is 0 Å². The van der Waals surface area contributed by atoms with Crippen LogP contribution >= 0.6 is 0 Å². The van der Waals surface area contributed by atoms with E-state index >= 15 is 0 Å². The van der Waals surface area contributed by atoms with Crippen molar-refractivity contribution in [1.29, 1.82) is 0 Å². The molecule has 12 heavy (non-hydrogen) atoms. The molecule has 2 atom stereocenters. The molecule has 0 heterocycles. The van der Waals surface area contributed by atoms with E-state index in [-0.39, 0.29) is 6.10 Å². The number of aliphatic hydroxyl groups excluding tert-OH is 1. The van der Waals surface area contributed by atoms with Gasteiger partial charge in [0.2, 0.25) is 0 Å². The van der Waals surface area contributed by atoms with Gasteiger partial charge in [0.15, 0.2) is 0 Å². The van der Waals surface area contributed by atoms with Crippen molar-refractivity contribution in [2.45, 2.75) is 52.1 Å². The Bertz CT molecular complexity index is 160. The van der Waals surface area contributed by atoms with E-state index in [1.165, 1.54) is 31.3 Å². The standard InChI is InChI=1S/C11H20O/c1-3-11(12)9(2)10-7-5-4-6-8-10/h7,9,11-12H,3-6,8H2,1-2H3/t9-,11-/m0/s1. The van der Waals surface area contributed by atoms with Crippen LogP contribution in [-0.4, -0.2) is 11.2 Å². The van der Waals surface area contributed by atoms with Gasteiger partial charge >= 0.3 is 0 Å². The molecule has 0 fully saturated rings. The first-order chi connectivity index (χ1) is 5.75. The topological polar surface area (TPSA) is 20.2 Å². The lowest BCUT2D eigenvalue weighted by Gasteiger charge is -2.23. The lowest BCUT2D eigenvalue weighted by atomic mass is 9.86. The summed E-state index contributed by atoms with van der Waals surface area (Å²) >= 11 is 0. The van der Waals surface area contributed by atoms with Crippen LogP contribution in [0.5, 0.6) is 0 Å². The van der Waals surface area contributed by atoms with Crippen molar-refractivity contribution >= 4 is 0 Å². The molecule has 1 aliphatic carbocycles. The van der Waals surface area contributed by atoms with Gasteiger partial charge in [0.05, 0.1) is 6.10 Å². The summed E-state index contributed by atoms with van der Waals surface area (Å²) < 4.78 is 0. The second-order valence-electron chi connectivity index (χ2n) is 3.79. The highest BCUT2D eigenvalue weighted by Crippen LogP contribution is 2.26. The van der Waals surface area contributed by atoms with E-state index < -0.39 is 0 Å². The van der Waals surface area contributed by atoms with Crippen LogP contribution < -0.4 is 0 Å². The molecule has 0 saturated carbocycles. The first kappa shape index (κ1) is 9.79. The van der Waals surface area contributed by atoms with Gasteiger partial charge in [-0.1, -0.05) is 25.5 Å². The molecule has 0 amide bonds. The van der Waals surface area contributed by atoms with E-state index in [0.717, 1.165) is 6.42 Å². The third-order valence-electron chi connectivity index (χ3n) is 2.91. The van der Waals surface area contributed by atoms with Crippen LogP contribution in [-0.2, 0) is 0 Å². The molecule has 1 rings (SSSR count). The molecule has 1 nitrogen and oxygen atoms in total. The minimum atomic E-state index is -0.130. The second-order valence-corrected chi connectivity index (χ2v) is 3.79. The van der Waals surface area contributed by atoms with Gasteiger partial charge < -0.3 is 5.11 Å². The van der Waals surface area contributed by atoms with Crippen molar-refractivity contribution in [1.82, 2.24) is 0 Å². The molecule has 1 N–H and O–H groups in total. The Balaban J connectivity index is 2.49. The van der Waals surface area contributed by atoms with Crippen LogP contribution in [0.1, 0.15) is 46.0 Å². The molecule has 1 heteroatoms. The Morgan fingerprint density at radius 3 is 2.75 bits per heavy atom. The van der Waals surface area contributed by atoms with Crippen LogP contribution in [0.25, 0.3) is 0 Å². The van der Waals surface area contributed by atoms with Crippen LogP contribution in [0, 0.1) is 5.92 Å². The number of aliphatic hydroxyl groups is 1. The average Bonchev–Trinajstić information content (AvgIpc) is 2.17. The predicted octanol–water partition coefficient (Wildman–Crippen LogP) is 2.89. The van der Waals surface area contributed by atoms with Gasteiger partial charge in [-0.2, -0.15) is 0 Å². The van der Waals surface area contributed by atoms with E-state index in [4.69, 9.17) is 0 Å². The fourth-order valence-corrected chi connectivity index (χ4v) is 1.88. The summed E-state index contributed by atoms with van der Waals surface area (Å²) in [6.45, 7) is 4.19. The highest BCUT2D eigenvalue weighted by molar-refractivity contribution is 5.09. The predicted molar refractivity (Wildman–Crippen MR) is 52.0 cm³/mol. The third-order valence-corrected chi connectivity index (χ3v) is 2.91. The van der Waals surface area contributed by atoms with E-state index in [2.05, 4.69) is 13.0 Å². The van der Waals surface area contributed by atoms with Crippen LogP contribution in [0.4, 0.5) is 0 Å². The van der Waals surface area contributed by atoms with Crippen LogP contribution in [0.2, 0.25) is 0 Å². The largest absolute Gasteiger partial charge is 0.393 e. The molecule has 0 aliphatic heterocycles. The summed E-state index contributed by atoms with van der Waals surface area (Å²) in [6, 6.07) is 0. The monoisotopic (exact) mass is 168 g/mol. The highest BCUT2D eigenvalue weighted by atomic mass is 16.3. The summed E-state index contributed by atoms with van der Waals surface area (Å²) in [4.78, 5) is 0. The lowest BCUT2D eigenvalue weighted by molar-refractivity contribution is 0.126. The smallest absolute Gasteiger partial charge is 0.0600 e. The van der Waals surface area contributed by atoms with Gasteiger partial charge in [0.1, 0.15) is 0 Å². The Morgan fingerprint density at radius 2 is 2.25 bits per heavy atom. The normalized spacial score (nSPS) is 23.1. The molecule has 1 aliphatic rings. The average molecular weight is 168 g/mol. The van der Waals surface area contributed by atoms with E-state index in [9.17, 15) is 5.11 Å². The molecule has 0 aromatic rings. The maximum atomic E-state index is 9.64. The Hall–Kier alpha value is -0.300. The SMILES string of the molecule is CC[C@H](O)[C@@H](C)C1=CCCCC1. The van der Waals surface area contributed by atoms with Crippen molar-refractivity contribution in [3.05, 3.63) is 11.6 Å². The summed E-state index contributed by atoms with van der Waals surface area (Å²) in [5.74, 6) is 0.385. The van der Waals surface area contributed by atoms with Gasteiger partial charge in [-0.25, -0.2) is 0 Å². The fourth-order valence-electron chi connectivity index (χ4n) is 1.88. The zero-order valence-electron chi connectivity index (χ0n) is 8.21. The quantitative estimate of drug-likeness (QED) is 0.642. The molecule has 70 valence electrons. The summed E-state index contributed by atoms with van der Waals surface area (Å²) in [7, 11) is 0. The maximum Gasteiger partial charge on any atom is 0.0600 e. The van der Waals surface area contributed by atoms with E-state index in [1.807, 2.05) is 6.92 Å². The zero-order valence-corrected chi connectivity index (χ0v) is 8.21. The minimum Gasteiger partial charge on any atom is -0.393 e. The number of rotatable bonds is 3. The Morgan fingerprint density at radius 1 is 1.50 bits per heavy atom. The van der Waals surface area contributed by atoms with E-state index in [0.29, 0.717) is 5.92 Å². The molecule has 0 aromatic carbocycles. The second kappa shape index (κ2) is 4.66. The number of hydrogen-bond acceptors (Lipinski definition) is 1. The first-order valence-corrected chi connectivity index (χ1v) is 5.12. The third kappa shape index (κ3) is 2.34. The first-order valence-electron chi connectivity index (χ1n) is 5.12. The van der Waals surface area contributed by atoms with Crippen molar-refractivity contribution in [3.8, 4) is 0 Å². The van der Waals surface area contributed by atoms with Crippen molar-refractivity contribution in [2.24, 2.45) is 5.92 Å². The molecule has 0 spiro atoms. The van der Waals surface area contributed by atoms with Gasteiger partial charge in [0, 0.05) is 5.92 Å². The van der Waals surface area contributed by atoms with Crippen molar-refractivity contribution in [2.75, 3.05) is 0 Å². The minimum absolute atomic E-state index is 0.130. The summed E-state index contributed by atoms with van der Waals surface area (Å²) in [5.41, 5.74) is 1.48. The van der Waals surface area contributed by atoms with E-state index in [1.54, 1.807) is 0 Å². The van der Waals surface area contributed by atoms with Gasteiger partial charge in [-0.05, 0) is 32.1 Å². The summed E-state index contributed by atoms with van der Waals surface area (Å²) in [6.07, 6.45) is 8.14. The Labute approximate surface area is 75.5 Å². The zero-order chi connectivity index (χ0) is 8.97. The van der Waals surface area contributed by atoms with Gasteiger partial charge in [-0.3, -0.25) is 0 Å². The molecular weight excluding hydrogens is 148 g/mol. The molecule has 0 aromatic heterocycles. The van der Waals surface area contributed by atoms with Crippen molar-refractivity contribution in [3.63, 3.8) is 0 Å². The molecule has 0 saturated heterocycles. The molecule has 0 unspecified atom stereocenters. The fraction of sp³-hybridized carbons (Fsp3) is 0.818. The number of hydrogen-bond donors (Lipinski definition) is 1. The summed E-state index contributed by atoms with van der Waals surface area (Å²) in [5, 5.41) is 9.64. The molecular formula is C11H20O. The lowest BCUT2D eigenvalue weighted by Crippen LogP contribution is -2.19. The van der Waals surface area contributed by atoms with Crippen molar-refractivity contribution < 1.29 is 5.11 Å². The van der Waals surface area contributed by atoms with Crippen LogP contribution in [0.15, 0.2) is 11.6 Å². The van der Waals surface area contributed by atoms with Crippen LogP contribution in [0.3, 0.4) is 0 Å². The maximum absolute atomic E-state index is 9.64.